The van der Waals surface area contributed by atoms with Crippen LogP contribution in [0, 0.1) is 11.8 Å². The molecule has 0 amide bonds. The van der Waals surface area contributed by atoms with Gasteiger partial charge in [0.25, 0.3) is 0 Å². The van der Waals surface area contributed by atoms with Crippen LogP contribution in [0.2, 0.25) is 0 Å². The van der Waals surface area contributed by atoms with Gasteiger partial charge in [0, 0.05) is 12.6 Å². The van der Waals surface area contributed by atoms with Crippen LogP contribution in [-0.2, 0) is 0 Å². The number of hydrogen-bond donors (Lipinski definition) is 1. The van der Waals surface area contributed by atoms with E-state index in [4.69, 9.17) is 0 Å². The summed E-state index contributed by atoms with van der Waals surface area (Å²) in [5, 5.41) is 3.87. The molecule has 0 aromatic rings. The Hall–Kier alpha value is -0.0800. The van der Waals surface area contributed by atoms with E-state index in [9.17, 15) is 0 Å². The third-order valence-electron chi connectivity index (χ3n) is 5.61. The van der Waals surface area contributed by atoms with Crippen LogP contribution in [0.15, 0.2) is 0 Å². The number of piperidine rings is 1. The molecule has 1 saturated carbocycles. The highest BCUT2D eigenvalue weighted by Crippen LogP contribution is 2.28. The van der Waals surface area contributed by atoms with Crippen LogP contribution < -0.4 is 5.32 Å². The Labute approximate surface area is 126 Å². The van der Waals surface area contributed by atoms with Gasteiger partial charge in [-0.2, -0.15) is 0 Å². The van der Waals surface area contributed by atoms with E-state index in [1.54, 1.807) is 0 Å². The number of nitrogens with one attached hydrogen (secondary N) is 1. The molecule has 118 valence electrons. The van der Waals surface area contributed by atoms with Gasteiger partial charge in [-0.1, -0.05) is 39.5 Å². The van der Waals surface area contributed by atoms with Gasteiger partial charge in [-0.3, -0.25) is 0 Å². The predicted octanol–water partition coefficient (Wildman–Crippen LogP) is 4.06. The molecule has 1 aliphatic carbocycles. The molecule has 1 atom stereocenters. The SMILES string of the molecule is CCCNC(CN1CCC(CC)CC1)C1CCCCC1. The van der Waals surface area contributed by atoms with Gasteiger partial charge >= 0.3 is 0 Å². The Balaban J connectivity index is 1.80. The largest absolute Gasteiger partial charge is 0.312 e. The molecule has 2 heteroatoms. The minimum absolute atomic E-state index is 0.758. The first-order valence-electron chi connectivity index (χ1n) is 9.29. The highest BCUT2D eigenvalue weighted by atomic mass is 15.2. The first-order valence-corrected chi connectivity index (χ1v) is 9.29. The van der Waals surface area contributed by atoms with Crippen molar-refractivity contribution in [1.29, 1.82) is 0 Å². The van der Waals surface area contributed by atoms with Crippen LogP contribution in [0.1, 0.15) is 71.6 Å². The van der Waals surface area contributed by atoms with Crippen LogP contribution >= 0.6 is 0 Å². The Bertz CT molecular complexity index is 240. The number of hydrogen-bond acceptors (Lipinski definition) is 2. The molecule has 0 aromatic heterocycles. The summed E-state index contributed by atoms with van der Waals surface area (Å²) in [6.45, 7) is 9.84. The maximum absolute atomic E-state index is 3.87. The second kappa shape index (κ2) is 9.04. The summed E-state index contributed by atoms with van der Waals surface area (Å²) in [7, 11) is 0. The predicted molar refractivity (Wildman–Crippen MR) is 88.1 cm³/mol. The molecular weight excluding hydrogens is 244 g/mol. The van der Waals surface area contributed by atoms with Crippen molar-refractivity contribution in [2.24, 2.45) is 11.8 Å². The van der Waals surface area contributed by atoms with Crippen molar-refractivity contribution in [3.63, 3.8) is 0 Å². The molecule has 0 aromatic carbocycles. The summed E-state index contributed by atoms with van der Waals surface area (Å²) in [5.41, 5.74) is 0. The fourth-order valence-corrected chi connectivity index (χ4v) is 4.10. The highest BCUT2D eigenvalue weighted by molar-refractivity contribution is 4.84. The van der Waals surface area contributed by atoms with Crippen molar-refractivity contribution in [2.75, 3.05) is 26.2 Å². The summed E-state index contributed by atoms with van der Waals surface area (Å²) in [4.78, 5) is 2.74. The molecule has 20 heavy (non-hydrogen) atoms. The molecule has 2 rings (SSSR count). The van der Waals surface area contributed by atoms with Gasteiger partial charge in [0.15, 0.2) is 0 Å². The lowest BCUT2D eigenvalue weighted by molar-refractivity contribution is 0.139. The molecule has 0 radical (unpaired) electrons. The van der Waals surface area contributed by atoms with E-state index >= 15 is 0 Å². The molecule has 1 aliphatic heterocycles. The maximum atomic E-state index is 3.87. The quantitative estimate of drug-likeness (QED) is 0.756. The monoisotopic (exact) mass is 280 g/mol. The summed E-state index contributed by atoms with van der Waals surface area (Å²) in [6.07, 6.45) is 12.8. The number of nitrogens with zero attached hydrogens (tertiary/aromatic N) is 1. The topological polar surface area (TPSA) is 15.3 Å². The maximum Gasteiger partial charge on any atom is 0.0223 e. The van der Waals surface area contributed by atoms with E-state index in [0.29, 0.717) is 0 Å². The molecule has 2 fully saturated rings. The lowest BCUT2D eigenvalue weighted by Gasteiger charge is -2.38. The second-order valence-corrected chi connectivity index (χ2v) is 7.11. The smallest absolute Gasteiger partial charge is 0.0223 e. The molecule has 2 nitrogen and oxygen atoms in total. The molecular formula is C18H36N2. The number of rotatable bonds is 7. The molecule has 1 unspecified atom stereocenters. The summed E-state index contributed by atoms with van der Waals surface area (Å²) in [6, 6.07) is 0.758. The summed E-state index contributed by atoms with van der Waals surface area (Å²) >= 11 is 0. The van der Waals surface area contributed by atoms with Crippen LogP contribution in [0.3, 0.4) is 0 Å². The third kappa shape index (κ3) is 5.04. The molecule has 1 heterocycles. The number of likely N-dealkylation sites (tertiary alicyclic amines) is 1. The minimum atomic E-state index is 0.758. The van der Waals surface area contributed by atoms with Crippen molar-refractivity contribution in [3.05, 3.63) is 0 Å². The average molecular weight is 280 g/mol. The van der Waals surface area contributed by atoms with Gasteiger partial charge in [-0.05, 0) is 63.6 Å². The van der Waals surface area contributed by atoms with Gasteiger partial charge in [0.2, 0.25) is 0 Å². The van der Waals surface area contributed by atoms with Crippen molar-refractivity contribution < 1.29 is 0 Å². The summed E-state index contributed by atoms with van der Waals surface area (Å²) < 4.78 is 0. The molecule has 0 bridgehead atoms. The zero-order valence-corrected chi connectivity index (χ0v) is 13.9. The van der Waals surface area contributed by atoms with Gasteiger partial charge in [-0.15, -0.1) is 0 Å². The van der Waals surface area contributed by atoms with Crippen molar-refractivity contribution in [3.8, 4) is 0 Å². The molecule has 0 spiro atoms. The zero-order valence-electron chi connectivity index (χ0n) is 13.9. The normalized spacial score (nSPS) is 24.9. The standard InChI is InChI=1S/C18H36N2/c1-3-12-19-18(17-8-6-5-7-9-17)15-20-13-10-16(4-2)11-14-20/h16-19H,3-15H2,1-2H3. The lowest BCUT2D eigenvalue weighted by Crippen LogP contribution is -2.48. The Morgan fingerprint density at radius 3 is 2.30 bits per heavy atom. The van der Waals surface area contributed by atoms with E-state index < -0.39 is 0 Å². The Morgan fingerprint density at radius 2 is 1.70 bits per heavy atom. The van der Waals surface area contributed by atoms with E-state index in [0.717, 1.165) is 17.9 Å². The van der Waals surface area contributed by atoms with Crippen LogP contribution in [0.5, 0.6) is 0 Å². The van der Waals surface area contributed by atoms with Crippen LogP contribution in [0.4, 0.5) is 0 Å². The van der Waals surface area contributed by atoms with Crippen LogP contribution in [0.25, 0.3) is 0 Å². The van der Waals surface area contributed by atoms with Gasteiger partial charge in [0.05, 0.1) is 0 Å². The first kappa shape index (κ1) is 16.3. The van der Waals surface area contributed by atoms with E-state index in [1.807, 2.05) is 0 Å². The third-order valence-corrected chi connectivity index (χ3v) is 5.61. The minimum Gasteiger partial charge on any atom is -0.312 e. The van der Waals surface area contributed by atoms with Crippen molar-refractivity contribution in [1.82, 2.24) is 10.2 Å². The fraction of sp³-hybridized carbons (Fsp3) is 1.00. The summed E-state index contributed by atoms with van der Waals surface area (Å²) in [5.74, 6) is 1.95. The average Bonchev–Trinajstić information content (AvgIpc) is 2.53. The zero-order chi connectivity index (χ0) is 14.2. The van der Waals surface area contributed by atoms with Gasteiger partial charge in [0.1, 0.15) is 0 Å². The van der Waals surface area contributed by atoms with Crippen LogP contribution in [-0.4, -0.2) is 37.1 Å². The molecule has 1 N–H and O–H groups in total. The first-order chi connectivity index (χ1) is 9.83. The fourth-order valence-electron chi connectivity index (χ4n) is 4.10. The van der Waals surface area contributed by atoms with Gasteiger partial charge < -0.3 is 10.2 Å². The Kier molecular flexibility index (Phi) is 7.37. The van der Waals surface area contributed by atoms with E-state index in [1.165, 1.54) is 84.0 Å². The molecule has 1 saturated heterocycles. The van der Waals surface area contributed by atoms with Crippen molar-refractivity contribution in [2.45, 2.75) is 77.7 Å². The van der Waals surface area contributed by atoms with E-state index in [2.05, 4.69) is 24.1 Å². The second-order valence-electron chi connectivity index (χ2n) is 7.11. The molecule has 2 aliphatic rings. The Morgan fingerprint density at radius 1 is 1.00 bits per heavy atom. The van der Waals surface area contributed by atoms with Crippen molar-refractivity contribution >= 4 is 0 Å². The van der Waals surface area contributed by atoms with E-state index in [-0.39, 0.29) is 0 Å². The lowest BCUT2D eigenvalue weighted by atomic mass is 9.83. The van der Waals surface area contributed by atoms with Gasteiger partial charge in [-0.25, -0.2) is 0 Å². The highest BCUT2D eigenvalue weighted by Gasteiger charge is 2.26.